The van der Waals surface area contributed by atoms with Gasteiger partial charge in [-0.3, -0.25) is 4.79 Å². The first kappa shape index (κ1) is 11.6. The van der Waals surface area contributed by atoms with Gasteiger partial charge in [-0.05, 0) is 19.4 Å². The summed E-state index contributed by atoms with van der Waals surface area (Å²) in [4.78, 5) is 16.3. The third-order valence-corrected chi connectivity index (χ3v) is 3.71. The summed E-state index contributed by atoms with van der Waals surface area (Å²) in [5.41, 5.74) is 1.51. The van der Waals surface area contributed by atoms with E-state index in [1.54, 1.807) is 0 Å². The molecule has 0 aliphatic carbocycles. The zero-order chi connectivity index (χ0) is 11.7. The van der Waals surface area contributed by atoms with Crippen molar-refractivity contribution in [1.82, 2.24) is 9.80 Å². The lowest BCUT2D eigenvalue weighted by Gasteiger charge is -2.39. The third-order valence-electron chi connectivity index (χ3n) is 3.71. The van der Waals surface area contributed by atoms with Crippen LogP contribution >= 0.6 is 0 Å². The standard InChI is InChI=1S/C13H22N2O/c1-10(2)11-4-6-15(7-5-11)13(16)12-8-14(3)9-12/h4,10,12H,5-9H2,1-3H3. The molecule has 0 atom stereocenters. The quantitative estimate of drug-likeness (QED) is 0.659. The molecule has 0 radical (unpaired) electrons. The molecule has 1 fully saturated rings. The molecular formula is C13H22N2O. The summed E-state index contributed by atoms with van der Waals surface area (Å²) in [7, 11) is 2.07. The molecule has 0 aromatic carbocycles. The maximum Gasteiger partial charge on any atom is 0.228 e. The molecule has 3 heteroatoms. The summed E-state index contributed by atoms with van der Waals surface area (Å²) in [5.74, 6) is 1.25. The lowest BCUT2D eigenvalue weighted by Crippen LogP contribution is -2.53. The molecule has 16 heavy (non-hydrogen) atoms. The normalized spacial score (nSPS) is 23.2. The van der Waals surface area contributed by atoms with Crippen molar-refractivity contribution in [3.8, 4) is 0 Å². The van der Waals surface area contributed by atoms with Gasteiger partial charge in [0.05, 0.1) is 5.92 Å². The summed E-state index contributed by atoms with van der Waals surface area (Å²) in [6.07, 6.45) is 3.31. The Labute approximate surface area is 98.1 Å². The van der Waals surface area contributed by atoms with Crippen LogP contribution in [-0.2, 0) is 4.79 Å². The molecule has 2 rings (SSSR count). The average Bonchev–Trinajstić information content (AvgIpc) is 2.24. The van der Waals surface area contributed by atoms with E-state index >= 15 is 0 Å². The SMILES string of the molecule is CC(C)C1=CCN(C(=O)C2CN(C)C2)CC1. The highest BCUT2D eigenvalue weighted by atomic mass is 16.2. The van der Waals surface area contributed by atoms with Crippen molar-refractivity contribution in [3.63, 3.8) is 0 Å². The summed E-state index contributed by atoms with van der Waals surface area (Å²) in [6, 6.07) is 0. The third kappa shape index (κ3) is 2.29. The monoisotopic (exact) mass is 222 g/mol. The van der Waals surface area contributed by atoms with Crippen LogP contribution in [0.2, 0.25) is 0 Å². The molecule has 0 unspecified atom stereocenters. The maximum absolute atomic E-state index is 12.1. The highest BCUT2D eigenvalue weighted by Gasteiger charge is 2.33. The minimum atomic E-state index is 0.263. The van der Waals surface area contributed by atoms with Crippen LogP contribution < -0.4 is 0 Å². The van der Waals surface area contributed by atoms with Crippen LogP contribution in [0, 0.1) is 11.8 Å². The Morgan fingerprint density at radius 3 is 2.56 bits per heavy atom. The van der Waals surface area contributed by atoms with Crippen molar-refractivity contribution in [2.75, 3.05) is 33.2 Å². The molecule has 90 valence electrons. The fourth-order valence-corrected chi connectivity index (χ4v) is 2.52. The summed E-state index contributed by atoms with van der Waals surface area (Å²) >= 11 is 0. The van der Waals surface area contributed by atoms with Crippen molar-refractivity contribution in [1.29, 1.82) is 0 Å². The van der Waals surface area contributed by atoms with Gasteiger partial charge in [0.2, 0.25) is 5.91 Å². The van der Waals surface area contributed by atoms with Crippen molar-refractivity contribution in [2.45, 2.75) is 20.3 Å². The summed E-state index contributed by atoms with van der Waals surface area (Å²) in [5, 5.41) is 0. The smallest absolute Gasteiger partial charge is 0.228 e. The van der Waals surface area contributed by atoms with E-state index in [2.05, 4.69) is 31.9 Å². The lowest BCUT2D eigenvalue weighted by molar-refractivity contribution is -0.140. The molecule has 2 aliphatic rings. The largest absolute Gasteiger partial charge is 0.338 e. The van der Waals surface area contributed by atoms with Gasteiger partial charge < -0.3 is 9.80 Å². The highest BCUT2D eigenvalue weighted by molar-refractivity contribution is 5.80. The Kier molecular flexibility index (Phi) is 3.33. The van der Waals surface area contributed by atoms with Gasteiger partial charge in [0.15, 0.2) is 0 Å². The average molecular weight is 222 g/mol. The van der Waals surface area contributed by atoms with E-state index in [1.807, 2.05) is 4.90 Å². The molecule has 1 amide bonds. The van der Waals surface area contributed by atoms with Gasteiger partial charge in [-0.25, -0.2) is 0 Å². The molecule has 0 aromatic rings. The van der Waals surface area contributed by atoms with E-state index < -0.39 is 0 Å². The number of nitrogens with zero attached hydrogens (tertiary/aromatic N) is 2. The number of likely N-dealkylation sites (tertiary alicyclic amines) is 1. The van der Waals surface area contributed by atoms with Crippen molar-refractivity contribution in [2.24, 2.45) is 11.8 Å². The first-order valence-electron chi connectivity index (χ1n) is 6.24. The number of rotatable bonds is 2. The lowest BCUT2D eigenvalue weighted by atomic mass is 9.94. The zero-order valence-corrected chi connectivity index (χ0v) is 10.6. The van der Waals surface area contributed by atoms with Gasteiger partial charge in [-0.15, -0.1) is 0 Å². The number of hydrogen-bond donors (Lipinski definition) is 0. The van der Waals surface area contributed by atoms with Crippen LogP contribution in [0.4, 0.5) is 0 Å². The van der Waals surface area contributed by atoms with Gasteiger partial charge >= 0.3 is 0 Å². The predicted octanol–water partition coefficient (Wildman–Crippen LogP) is 1.36. The Bertz CT molecular complexity index is 303. The molecule has 0 bridgehead atoms. The zero-order valence-electron chi connectivity index (χ0n) is 10.6. The van der Waals surface area contributed by atoms with E-state index in [-0.39, 0.29) is 5.92 Å². The summed E-state index contributed by atoms with van der Waals surface area (Å²) in [6.45, 7) is 8.08. The Morgan fingerprint density at radius 1 is 1.44 bits per heavy atom. The second kappa shape index (κ2) is 4.58. The number of carbonyl (C=O) groups excluding carboxylic acids is 1. The summed E-state index contributed by atoms with van der Waals surface area (Å²) < 4.78 is 0. The van der Waals surface area contributed by atoms with E-state index in [4.69, 9.17) is 0 Å². The van der Waals surface area contributed by atoms with E-state index in [0.29, 0.717) is 11.8 Å². The van der Waals surface area contributed by atoms with Crippen LogP contribution in [0.3, 0.4) is 0 Å². The molecule has 3 nitrogen and oxygen atoms in total. The van der Waals surface area contributed by atoms with Crippen molar-refractivity contribution >= 4 is 5.91 Å². The first-order valence-corrected chi connectivity index (χ1v) is 6.24. The van der Waals surface area contributed by atoms with E-state index in [1.165, 1.54) is 5.57 Å². The molecule has 0 saturated carbocycles. The van der Waals surface area contributed by atoms with Crippen LogP contribution in [0.25, 0.3) is 0 Å². The fourth-order valence-electron chi connectivity index (χ4n) is 2.52. The van der Waals surface area contributed by atoms with E-state index in [9.17, 15) is 4.79 Å². The molecule has 2 aliphatic heterocycles. The molecule has 1 saturated heterocycles. The highest BCUT2D eigenvalue weighted by Crippen LogP contribution is 2.22. The molecule has 0 spiro atoms. The van der Waals surface area contributed by atoms with Gasteiger partial charge in [0, 0.05) is 26.2 Å². The van der Waals surface area contributed by atoms with Crippen molar-refractivity contribution < 1.29 is 4.79 Å². The van der Waals surface area contributed by atoms with Crippen LogP contribution in [-0.4, -0.2) is 48.9 Å². The second-order valence-electron chi connectivity index (χ2n) is 5.39. The fraction of sp³-hybridized carbons (Fsp3) is 0.769. The number of amides is 1. The minimum absolute atomic E-state index is 0.263. The molecule has 0 N–H and O–H groups in total. The topological polar surface area (TPSA) is 23.6 Å². The Balaban J connectivity index is 1.87. The van der Waals surface area contributed by atoms with Gasteiger partial charge in [0.1, 0.15) is 0 Å². The van der Waals surface area contributed by atoms with Crippen LogP contribution in [0.15, 0.2) is 11.6 Å². The van der Waals surface area contributed by atoms with Crippen LogP contribution in [0.5, 0.6) is 0 Å². The van der Waals surface area contributed by atoms with Gasteiger partial charge in [0.25, 0.3) is 0 Å². The van der Waals surface area contributed by atoms with Crippen molar-refractivity contribution in [3.05, 3.63) is 11.6 Å². The van der Waals surface area contributed by atoms with Gasteiger partial charge in [-0.1, -0.05) is 25.5 Å². The maximum atomic E-state index is 12.1. The van der Waals surface area contributed by atoms with E-state index in [0.717, 1.165) is 32.6 Å². The number of carbonyl (C=O) groups is 1. The first-order chi connectivity index (χ1) is 7.58. The Morgan fingerprint density at radius 2 is 2.12 bits per heavy atom. The predicted molar refractivity (Wildman–Crippen MR) is 65.1 cm³/mol. The van der Waals surface area contributed by atoms with Gasteiger partial charge in [-0.2, -0.15) is 0 Å². The second-order valence-corrected chi connectivity index (χ2v) is 5.39. The minimum Gasteiger partial charge on any atom is -0.338 e. The Hall–Kier alpha value is -0.830. The van der Waals surface area contributed by atoms with Crippen LogP contribution in [0.1, 0.15) is 20.3 Å². The molecule has 2 heterocycles. The molecule has 0 aromatic heterocycles. The number of hydrogen-bond acceptors (Lipinski definition) is 2. The molecular weight excluding hydrogens is 200 g/mol.